The number of nitrogens with zero attached hydrogens (tertiary/aromatic N) is 5. The molecule has 0 aliphatic carbocycles. The number of carbonyl (C=O) groups excluding carboxylic acids is 2. The number of hydrogen-bond donors (Lipinski definition) is 0. The first-order valence-corrected chi connectivity index (χ1v) is 14.6. The topological polar surface area (TPSA) is 61.7 Å². The van der Waals surface area contributed by atoms with Crippen molar-refractivity contribution in [2.24, 2.45) is 0 Å². The van der Waals surface area contributed by atoms with Gasteiger partial charge in [0.15, 0.2) is 0 Å². The third-order valence-electron chi connectivity index (χ3n) is 6.88. The van der Waals surface area contributed by atoms with Crippen LogP contribution >= 0.6 is 34.3 Å². The maximum atomic E-state index is 13.7. The van der Waals surface area contributed by atoms with E-state index < -0.39 is 0 Å². The molecule has 0 N–H and O–H groups in total. The van der Waals surface area contributed by atoms with Gasteiger partial charge in [-0.3, -0.25) is 14.5 Å². The smallest absolute Gasteiger partial charge is 0.255 e. The number of thiazole rings is 1. The third-order valence-corrected chi connectivity index (χ3v) is 8.95. The first kappa shape index (κ1) is 26.6. The zero-order valence-corrected chi connectivity index (χ0v) is 24.1. The molecule has 0 unspecified atom stereocenters. The lowest BCUT2D eigenvalue weighted by Crippen LogP contribution is -2.51. The molecule has 0 spiro atoms. The molecule has 4 aromatic rings. The highest BCUT2D eigenvalue weighted by Gasteiger charge is 2.28. The molecule has 1 saturated heterocycles. The molecular formula is C28H30ClN5O2S2. The summed E-state index contributed by atoms with van der Waals surface area (Å²) in [6.45, 7) is 5.62. The largest absolute Gasteiger partial charge is 0.348 e. The molecule has 7 nitrogen and oxygen atoms in total. The molecular weight excluding hydrogens is 538 g/mol. The Morgan fingerprint density at radius 3 is 2.50 bits per heavy atom. The molecule has 1 aromatic carbocycles. The molecule has 5 rings (SSSR count). The molecule has 1 fully saturated rings. The van der Waals surface area contributed by atoms with E-state index in [-0.39, 0.29) is 11.8 Å². The minimum absolute atomic E-state index is 0.0221. The Kier molecular flexibility index (Phi) is 7.99. The molecule has 2 amide bonds. The maximum Gasteiger partial charge on any atom is 0.255 e. The summed E-state index contributed by atoms with van der Waals surface area (Å²) in [7, 11) is 3.53. The molecule has 4 heterocycles. The van der Waals surface area contributed by atoms with Gasteiger partial charge in [-0.1, -0.05) is 35.9 Å². The van der Waals surface area contributed by atoms with Crippen LogP contribution in [0.25, 0.3) is 22.0 Å². The average molecular weight is 568 g/mol. The van der Waals surface area contributed by atoms with Gasteiger partial charge in [0, 0.05) is 61.8 Å². The zero-order valence-electron chi connectivity index (χ0n) is 21.7. The Labute approximate surface area is 235 Å². The van der Waals surface area contributed by atoms with Crippen molar-refractivity contribution in [3.8, 4) is 22.0 Å². The Hall–Kier alpha value is -2.98. The number of amides is 2. The SMILES string of the molecule is Cc1c(C(=O)N2CCN(CC(=O)N(C)C)CC2)cc(-c2csc(-c3ccccc3Cl)n2)n1Cc1cccs1. The number of halogens is 1. The van der Waals surface area contributed by atoms with Gasteiger partial charge in [0.25, 0.3) is 5.91 Å². The van der Waals surface area contributed by atoms with E-state index in [1.165, 1.54) is 4.88 Å². The summed E-state index contributed by atoms with van der Waals surface area (Å²) in [5.41, 5.74) is 4.28. The van der Waals surface area contributed by atoms with Crippen LogP contribution in [0.5, 0.6) is 0 Å². The summed E-state index contributed by atoms with van der Waals surface area (Å²) in [5, 5.41) is 5.62. The van der Waals surface area contributed by atoms with Crippen LogP contribution < -0.4 is 0 Å². The molecule has 0 saturated carbocycles. The summed E-state index contributed by atoms with van der Waals surface area (Å²) in [6, 6.07) is 13.9. The molecule has 198 valence electrons. The van der Waals surface area contributed by atoms with E-state index in [1.54, 1.807) is 41.7 Å². The van der Waals surface area contributed by atoms with Gasteiger partial charge in [0.2, 0.25) is 5.91 Å². The zero-order chi connectivity index (χ0) is 26.8. The highest BCUT2D eigenvalue weighted by Crippen LogP contribution is 2.35. The van der Waals surface area contributed by atoms with Gasteiger partial charge in [-0.05, 0) is 30.5 Å². The number of thiophene rings is 1. The minimum Gasteiger partial charge on any atom is -0.348 e. The van der Waals surface area contributed by atoms with Crippen molar-refractivity contribution in [1.29, 1.82) is 0 Å². The Morgan fingerprint density at radius 1 is 1.05 bits per heavy atom. The Balaban J connectivity index is 1.42. The van der Waals surface area contributed by atoms with Gasteiger partial charge < -0.3 is 14.4 Å². The Bertz CT molecular complexity index is 1440. The maximum absolute atomic E-state index is 13.7. The summed E-state index contributed by atoms with van der Waals surface area (Å²) in [5.74, 6) is 0.101. The number of hydrogen-bond acceptors (Lipinski definition) is 6. The lowest BCUT2D eigenvalue weighted by molar-refractivity contribution is -0.130. The van der Waals surface area contributed by atoms with Crippen molar-refractivity contribution in [3.05, 3.63) is 74.4 Å². The third kappa shape index (κ3) is 5.56. The first-order chi connectivity index (χ1) is 18.3. The average Bonchev–Trinajstić information content (AvgIpc) is 3.66. The van der Waals surface area contributed by atoms with Crippen molar-refractivity contribution in [2.75, 3.05) is 46.8 Å². The van der Waals surface area contributed by atoms with Crippen LogP contribution in [-0.4, -0.2) is 82.9 Å². The fraction of sp³-hybridized carbons (Fsp3) is 0.321. The number of aromatic nitrogens is 2. The normalized spacial score (nSPS) is 14.2. The lowest BCUT2D eigenvalue weighted by Gasteiger charge is -2.34. The van der Waals surface area contributed by atoms with Crippen LogP contribution in [0.3, 0.4) is 0 Å². The predicted molar refractivity (Wildman–Crippen MR) is 155 cm³/mol. The summed E-state index contributed by atoms with van der Waals surface area (Å²) in [4.78, 5) is 37.6. The van der Waals surface area contributed by atoms with E-state index in [9.17, 15) is 9.59 Å². The van der Waals surface area contributed by atoms with Crippen molar-refractivity contribution in [2.45, 2.75) is 13.5 Å². The number of piperazine rings is 1. The molecule has 0 bridgehead atoms. The van der Waals surface area contributed by atoms with Gasteiger partial charge in [-0.2, -0.15) is 0 Å². The number of benzene rings is 1. The Morgan fingerprint density at radius 2 is 1.82 bits per heavy atom. The lowest BCUT2D eigenvalue weighted by atomic mass is 10.2. The second-order valence-electron chi connectivity index (χ2n) is 9.57. The molecule has 0 atom stereocenters. The van der Waals surface area contributed by atoms with Gasteiger partial charge in [-0.25, -0.2) is 4.98 Å². The van der Waals surface area contributed by atoms with Gasteiger partial charge in [-0.15, -0.1) is 22.7 Å². The molecule has 0 radical (unpaired) electrons. The predicted octanol–water partition coefficient (Wildman–Crippen LogP) is 5.20. The highest BCUT2D eigenvalue weighted by atomic mass is 35.5. The van der Waals surface area contributed by atoms with E-state index in [2.05, 4.69) is 20.9 Å². The molecule has 10 heteroatoms. The van der Waals surface area contributed by atoms with Crippen LogP contribution in [0, 0.1) is 6.92 Å². The molecule has 1 aliphatic rings. The number of carbonyl (C=O) groups is 2. The van der Waals surface area contributed by atoms with Gasteiger partial charge in [0.1, 0.15) is 5.01 Å². The van der Waals surface area contributed by atoms with Crippen molar-refractivity contribution in [3.63, 3.8) is 0 Å². The quantitative estimate of drug-likeness (QED) is 0.308. The first-order valence-electron chi connectivity index (χ1n) is 12.5. The summed E-state index contributed by atoms with van der Waals surface area (Å²) in [6.07, 6.45) is 0. The van der Waals surface area contributed by atoms with E-state index in [4.69, 9.17) is 16.6 Å². The second kappa shape index (κ2) is 11.4. The molecule has 1 aliphatic heterocycles. The van der Waals surface area contributed by atoms with Crippen LogP contribution in [0.15, 0.2) is 53.2 Å². The van der Waals surface area contributed by atoms with Crippen LogP contribution in [0.4, 0.5) is 0 Å². The number of likely N-dealkylation sites (N-methyl/N-ethyl adjacent to an activating group) is 1. The highest BCUT2D eigenvalue weighted by molar-refractivity contribution is 7.13. The van der Waals surface area contributed by atoms with Crippen molar-refractivity contribution < 1.29 is 9.59 Å². The van der Waals surface area contributed by atoms with Crippen LogP contribution in [0.2, 0.25) is 5.02 Å². The van der Waals surface area contributed by atoms with E-state index in [0.29, 0.717) is 49.9 Å². The summed E-state index contributed by atoms with van der Waals surface area (Å²) >= 11 is 9.69. The standard InChI is InChI=1S/C28H30ClN5O2S2/c1-19-22(28(36)33-12-10-32(11-13-33)17-26(35)31(2)3)15-25(34(19)16-20-7-6-14-37-20)24-18-38-27(30-24)21-8-4-5-9-23(21)29/h4-9,14-15,18H,10-13,16-17H2,1-3H3. The van der Waals surface area contributed by atoms with Gasteiger partial charge in [0.05, 0.1) is 35.1 Å². The fourth-order valence-electron chi connectivity index (χ4n) is 4.60. The van der Waals surface area contributed by atoms with E-state index >= 15 is 0 Å². The minimum atomic E-state index is 0.0221. The molecule has 38 heavy (non-hydrogen) atoms. The van der Waals surface area contributed by atoms with Crippen LogP contribution in [0.1, 0.15) is 20.9 Å². The van der Waals surface area contributed by atoms with E-state index in [1.807, 2.05) is 53.6 Å². The number of rotatable bonds is 7. The molecule has 3 aromatic heterocycles. The van der Waals surface area contributed by atoms with Crippen molar-refractivity contribution in [1.82, 2.24) is 24.3 Å². The second-order valence-corrected chi connectivity index (χ2v) is 11.9. The van der Waals surface area contributed by atoms with Gasteiger partial charge >= 0.3 is 0 Å². The fourth-order valence-corrected chi connectivity index (χ4v) is 6.42. The van der Waals surface area contributed by atoms with E-state index in [0.717, 1.165) is 27.7 Å². The van der Waals surface area contributed by atoms with Crippen molar-refractivity contribution >= 4 is 46.1 Å². The summed E-state index contributed by atoms with van der Waals surface area (Å²) < 4.78 is 2.19. The monoisotopic (exact) mass is 567 g/mol. The van der Waals surface area contributed by atoms with Crippen LogP contribution in [-0.2, 0) is 11.3 Å².